The first-order valence-electron chi connectivity index (χ1n) is 23.9. The average molecular weight is 1110 g/mol. The first-order chi connectivity index (χ1) is 32.9. The van der Waals surface area contributed by atoms with Crippen LogP contribution in [0.5, 0.6) is 11.5 Å². The minimum absolute atomic E-state index is 0. The smallest absolute Gasteiger partial charge is 0.135 e. The summed E-state index contributed by atoms with van der Waals surface area (Å²) < 4.78 is 38.4. The average Bonchev–Trinajstić information content (AvgIpc) is 3.86. The van der Waals surface area contributed by atoms with Gasteiger partial charge in [-0.2, -0.15) is 6.07 Å². The van der Waals surface area contributed by atoms with Gasteiger partial charge in [0.15, 0.2) is 0 Å². The molecule has 70 heavy (non-hydrogen) atoms. The van der Waals surface area contributed by atoms with Crippen LogP contribution >= 0.6 is 0 Å². The number of anilines is 4. The van der Waals surface area contributed by atoms with Crippen LogP contribution in [0.1, 0.15) is 103 Å². The zero-order chi connectivity index (χ0) is 48.5. The predicted molar refractivity (Wildman–Crippen MR) is 281 cm³/mol. The summed E-state index contributed by atoms with van der Waals surface area (Å²) in [6, 6.07) is 53.3. The van der Waals surface area contributed by atoms with Crippen molar-refractivity contribution in [2.75, 3.05) is 9.80 Å². The molecule has 3 heterocycles. The van der Waals surface area contributed by atoms with Crippen LogP contribution in [0, 0.1) is 30.4 Å². The van der Waals surface area contributed by atoms with Crippen LogP contribution in [0.4, 0.5) is 31.5 Å². The van der Waals surface area contributed by atoms with Crippen molar-refractivity contribution in [2.24, 2.45) is 0 Å². The number of hydrogen-bond acceptors (Lipinski definition) is 4. The minimum Gasteiger partial charge on any atom is -0.509 e. The summed E-state index contributed by atoms with van der Waals surface area (Å²) in [6.45, 7) is 24.4. The molecule has 0 atom stereocenters. The zero-order valence-corrected chi connectivity index (χ0v) is 43.6. The normalized spacial score (nSPS) is 12.9. The van der Waals surface area contributed by atoms with Crippen molar-refractivity contribution in [3.05, 3.63) is 198 Å². The Morgan fingerprint density at radius 1 is 0.557 bits per heavy atom. The molecule has 8 heteroatoms. The first-order valence-corrected chi connectivity index (χ1v) is 23.9. The summed E-state index contributed by atoms with van der Waals surface area (Å²) in [4.78, 5) is 9.21. The SMILES string of the molecule is CC(C)c1cc(-c2cc(F)cc(F)c2)cc(C(C)C)c1N1[CH-]N(c2[c-]c(Oc3[c-]c4c(cc3)c3ccccc3n4-c3ccccn3)cc(-c3cc(C(C)(C)C)cc(C(C)(C)C)c3)c2)c2ccccc21.[Pt]. The van der Waals surface area contributed by atoms with Gasteiger partial charge >= 0.3 is 0 Å². The molecule has 0 radical (unpaired) electrons. The molecule has 0 saturated heterocycles. The molecule has 2 aromatic heterocycles. The fraction of sp³-hybridized carbons (Fsp3) is 0.226. The van der Waals surface area contributed by atoms with Crippen LogP contribution in [0.15, 0.2) is 146 Å². The van der Waals surface area contributed by atoms with E-state index < -0.39 is 11.6 Å². The topological polar surface area (TPSA) is 33.5 Å². The molecule has 0 N–H and O–H groups in total. The van der Waals surface area contributed by atoms with Crippen molar-refractivity contribution in [1.29, 1.82) is 0 Å². The number of para-hydroxylation sites is 3. The first kappa shape index (κ1) is 48.5. The van der Waals surface area contributed by atoms with Crippen LogP contribution in [0.3, 0.4) is 0 Å². The third-order valence-electron chi connectivity index (χ3n) is 13.2. The number of fused-ring (bicyclic) bond motifs is 4. The maximum Gasteiger partial charge on any atom is 0.135 e. The van der Waals surface area contributed by atoms with E-state index in [9.17, 15) is 8.78 Å². The van der Waals surface area contributed by atoms with Gasteiger partial charge in [-0.3, -0.25) is 0 Å². The Hall–Kier alpha value is -6.56. The Labute approximate surface area is 426 Å². The van der Waals surface area contributed by atoms with Crippen molar-refractivity contribution >= 4 is 44.6 Å². The molecule has 358 valence electrons. The van der Waals surface area contributed by atoms with E-state index in [-0.39, 0.29) is 43.7 Å². The molecule has 9 aromatic rings. The summed E-state index contributed by atoms with van der Waals surface area (Å²) in [7, 11) is 0. The second-order valence-electron chi connectivity index (χ2n) is 21.0. The van der Waals surface area contributed by atoms with Gasteiger partial charge in [-0.05, 0) is 122 Å². The van der Waals surface area contributed by atoms with Gasteiger partial charge in [-0.15, -0.1) is 53.6 Å². The maximum absolute atomic E-state index is 14.7. The number of benzene rings is 7. The van der Waals surface area contributed by atoms with E-state index in [0.29, 0.717) is 17.1 Å². The van der Waals surface area contributed by atoms with Crippen LogP contribution in [0.25, 0.3) is 49.9 Å². The second kappa shape index (κ2) is 18.6. The number of rotatable bonds is 9. The molecular formula is C62H57F2N4OPt-3. The van der Waals surface area contributed by atoms with Gasteiger partial charge in [0.1, 0.15) is 17.5 Å². The van der Waals surface area contributed by atoms with Crippen molar-refractivity contribution in [3.8, 4) is 39.6 Å². The van der Waals surface area contributed by atoms with Gasteiger partial charge in [-0.25, -0.2) is 13.8 Å². The van der Waals surface area contributed by atoms with E-state index in [2.05, 4.69) is 193 Å². The quantitative estimate of drug-likeness (QED) is 0.135. The molecule has 0 unspecified atom stereocenters. The van der Waals surface area contributed by atoms with Crippen molar-refractivity contribution in [1.82, 2.24) is 9.55 Å². The molecule has 10 rings (SSSR count). The number of ether oxygens (including phenoxy) is 1. The van der Waals surface area contributed by atoms with Crippen molar-refractivity contribution < 1.29 is 34.6 Å². The zero-order valence-electron chi connectivity index (χ0n) is 41.4. The molecule has 0 bridgehead atoms. The molecule has 1 aliphatic rings. The fourth-order valence-electron chi connectivity index (χ4n) is 9.52. The summed E-state index contributed by atoms with van der Waals surface area (Å²) in [5, 5.41) is 2.16. The van der Waals surface area contributed by atoms with E-state index in [1.54, 1.807) is 0 Å². The van der Waals surface area contributed by atoms with Crippen molar-refractivity contribution in [2.45, 2.75) is 91.9 Å². The summed E-state index contributed by atoms with van der Waals surface area (Å²) in [5.41, 5.74) is 13.5. The van der Waals surface area contributed by atoms with Crippen LogP contribution in [-0.4, -0.2) is 9.55 Å². The second-order valence-corrected chi connectivity index (χ2v) is 21.0. The Bertz CT molecular complexity index is 3340. The Morgan fingerprint density at radius 3 is 1.74 bits per heavy atom. The fourth-order valence-corrected chi connectivity index (χ4v) is 9.52. The molecule has 0 fully saturated rings. The Balaban J connectivity index is 0.00000608. The molecule has 0 aliphatic carbocycles. The number of hydrogen-bond donors (Lipinski definition) is 0. The molecular weight excluding hydrogens is 1050 g/mol. The van der Waals surface area contributed by atoms with Crippen LogP contribution in [0.2, 0.25) is 0 Å². The molecule has 1 aliphatic heterocycles. The van der Waals surface area contributed by atoms with Crippen molar-refractivity contribution in [3.63, 3.8) is 0 Å². The van der Waals surface area contributed by atoms with E-state index in [1.807, 2.05) is 36.5 Å². The molecule has 0 saturated carbocycles. The monoisotopic (exact) mass is 1110 g/mol. The number of pyridine rings is 1. The largest absolute Gasteiger partial charge is 0.509 e. The standard InChI is InChI=1S/C62H57F2N4O.Pt/c1-38(2)53-31-43(41-27-46(63)34-47(64)28-41)32-54(39(3)4)60(53)67-37-66(56-19-13-14-20-57(56)67)48-29-42(40-25-44(61(5,6)7)33-45(26-40)62(8,9)10)30-50(35-48)69-49-22-23-52-51-17-11-12-18-55(51)68(58(52)36-49)59-21-15-16-24-65-59;/h11-34,37-39H,1-10H3;/q-3;. The molecule has 5 nitrogen and oxygen atoms in total. The molecule has 0 spiro atoms. The number of nitrogens with zero attached hydrogens (tertiary/aromatic N) is 4. The number of aromatic nitrogens is 2. The maximum atomic E-state index is 14.7. The van der Waals surface area contributed by atoms with Gasteiger partial charge in [-0.1, -0.05) is 129 Å². The van der Waals surface area contributed by atoms with Gasteiger partial charge < -0.3 is 19.1 Å². The molecule has 0 amide bonds. The number of halogens is 2. The van der Waals surface area contributed by atoms with Gasteiger partial charge in [0.05, 0.1) is 0 Å². The van der Waals surface area contributed by atoms with E-state index >= 15 is 0 Å². The van der Waals surface area contributed by atoms with Gasteiger partial charge in [0, 0.05) is 67.4 Å². The summed E-state index contributed by atoms with van der Waals surface area (Å²) in [5.74, 6) is 0.851. The van der Waals surface area contributed by atoms with E-state index in [1.165, 1.54) is 23.3 Å². The summed E-state index contributed by atoms with van der Waals surface area (Å²) in [6.07, 6.45) is 1.81. The Morgan fingerprint density at radius 2 is 1.13 bits per heavy atom. The van der Waals surface area contributed by atoms with E-state index in [4.69, 9.17) is 9.72 Å². The Kier molecular flexibility index (Phi) is 12.9. The third kappa shape index (κ3) is 9.17. The molecule has 7 aromatic carbocycles. The van der Waals surface area contributed by atoms with E-state index in [0.717, 1.165) is 84.3 Å². The van der Waals surface area contributed by atoms with Crippen LogP contribution < -0.4 is 14.5 Å². The third-order valence-corrected chi connectivity index (χ3v) is 13.2. The van der Waals surface area contributed by atoms with Crippen LogP contribution in [-0.2, 0) is 31.9 Å². The van der Waals surface area contributed by atoms with Gasteiger partial charge in [0.2, 0.25) is 0 Å². The van der Waals surface area contributed by atoms with Gasteiger partial charge in [0.25, 0.3) is 0 Å². The predicted octanol–water partition coefficient (Wildman–Crippen LogP) is 17.4. The summed E-state index contributed by atoms with van der Waals surface area (Å²) >= 11 is 0. The minimum atomic E-state index is -0.601.